The lowest BCUT2D eigenvalue weighted by Gasteiger charge is -2.32. The van der Waals surface area contributed by atoms with Gasteiger partial charge < -0.3 is 40.0 Å². The number of rotatable bonds is 16. The highest BCUT2D eigenvalue weighted by Gasteiger charge is 2.21. The van der Waals surface area contributed by atoms with E-state index in [0.717, 1.165) is 55.8 Å². The Bertz CT molecular complexity index is 2170. The molecule has 0 atom stereocenters. The first-order valence-electron chi connectivity index (χ1n) is 18.9. The van der Waals surface area contributed by atoms with Gasteiger partial charge in [-0.3, -0.25) is 9.59 Å². The summed E-state index contributed by atoms with van der Waals surface area (Å²) < 4.78 is 32.9. The number of hydrogen-bond donors (Lipinski definition) is 3. The highest BCUT2D eigenvalue weighted by molar-refractivity contribution is 6.06. The summed E-state index contributed by atoms with van der Waals surface area (Å²) >= 11 is 0. The van der Waals surface area contributed by atoms with Crippen LogP contribution < -0.4 is 30.2 Å². The number of methoxy groups -OCH3 is 1. The summed E-state index contributed by atoms with van der Waals surface area (Å²) in [6.45, 7) is 9.61. The quantitative estimate of drug-likeness (QED) is 0.0691. The van der Waals surface area contributed by atoms with E-state index in [1.54, 1.807) is 36.4 Å². The van der Waals surface area contributed by atoms with Gasteiger partial charge >= 0.3 is 0 Å². The predicted molar refractivity (Wildman–Crippen MR) is 220 cm³/mol. The number of para-hydroxylation sites is 1. The van der Waals surface area contributed by atoms with Crippen molar-refractivity contribution >= 4 is 35.2 Å². The average Bonchev–Trinajstić information content (AvgIpc) is 3.21. The van der Waals surface area contributed by atoms with Gasteiger partial charge in [0.15, 0.2) is 23.1 Å². The summed E-state index contributed by atoms with van der Waals surface area (Å²) in [5, 5.41) is 8.85. The van der Waals surface area contributed by atoms with Gasteiger partial charge in [-0.05, 0) is 79.9 Å². The molecule has 1 aliphatic heterocycles. The molecule has 1 saturated heterocycles. The van der Waals surface area contributed by atoms with E-state index in [0.29, 0.717) is 35.8 Å². The Kier molecular flexibility index (Phi) is 13.8. The van der Waals surface area contributed by atoms with Crippen LogP contribution in [0, 0.1) is 19.7 Å². The number of benzene rings is 4. The second-order valence-corrected chi connectivity index (χ2v) is 13.8. The molecule has 13 heteroatoms. The van der Waals surface area contributed by atoms with Crippen molar-refractivity contribution in [1.82, 2.24) is 25.1 Å². The van der Waals surface area contributed by atoms with Crippen molar-refractivity contribution in [2.45, 2.75) is 26.8 Å². The van der Waals surface area contributed by atoms with Crippen LogP contribution in [0.5, 0.6) is 23.1 Å². The summed E-state index contributed by atoms with van der Waals surface area (Å²) in [6, 6.07) is 25.0. The van der Waals surface area contributed by atoms with Crippen LogP contribution in [-0.4, -0.2) is 85.1 Å². The molecule has 5 aromatic rings. The molecule has 0 unspecified atom stereocenters. The number of anilines is 3. The van der Waals surface area contributed by atoms with Crippen molar-refractivity contribution < 1.29 is 28.2 Å². The SMILES string of the molecule is COc1ccc(/C=C/C(=O)NCc2ccccc2)cc1Oc1nc(Nc2ccc(OCCCN3CCN(C)CC3)c(F)c2)ncc1C(=O)Nc1c(C)cccc1C. The lowest BCUT2D eigenvalue weighted by atomic mass is 10.1. The Balaban J connectivity index is 1.19. The number of nitrogens with zero attached hydrogens (tertiary/aromatic N) is 4. The van der Waals surface area contributed by atoms with Crippen LogP contribution in [0.25, 0.3) is 6.08 Å². The van der Waals surface area contributed by atoms with Gasteiger partial charge in [0.05, 0.1) is 13.7 Å². The first-order chi connectivity index (χ1) is 27.6. The largest absolute Gasteiger partial charge is 0.493 e. The second kappa shape index (κ2) is 19.5. The van der Waals surface area contributed by atoms with Crippen molar-refractivity contribution in [2.24, 2.45) is 0 Å². The molecule has 4 aromatic carbocycles. The molecule has 57 heavy (non-hydrogen) atoms. The van der Waals surface area contributed by atoms with Crippen molar-refractivity contribution in [3.63, 3.8) is 0 Å². The molecule has 0 bridgehead atoms. The molecule has 6 rings (SSSR count). The van der Waals surface area contributed by atoms with Gasteiger partial charge in [-0.1, -0.05) is 54.6 Å². The fraction of sp³-hybridized carbons (Fsp3) is 0.273. The molecule has 0 saturated carbocycles. The topological polar surface area (TPSA) is 130 Å². The molecular formula is C44H48FN7O5. The predicted octanol–water partition coefficient (Wildman–Crippen LogP) is 7.38. The number of piperazine rings is 1. The molecule has 0 aliphatic carbocycles. The van der Waals surface area contributed by atoms with Gasteiger partial charge in [0.25, 0.3) is 5.91 Å². The number of halogens is 1. The Morgan fingerprint density at radius 3 is 2.39 bits per heavy atom. The number of hydrogen-bond acceptors (Lipinski definition) is 10. The molecule has 12 nitrogen and oxygen atoms in total. The standard InChI is InChI=1S/C44H48FN7O5/c1-30-10-8-11-31(2)41(30)49-42(54)35-29-47-44(48-34-16-18-37(36(45)27-34)56-25-9-20-52-23-21-51(3)22-24-52)50-43(35)57-39-26-32(14-17-38(39)55-4)15-19-40(53)46-28-33-12-6-5-7-13-33/h5-8,10-19,26-27,29H,9,20-25,28H2,1-4H3,(H,46,53)(H,49,54)(H,47,48,50)/b19-15+. The van der Waals surface area contributed by atoms with Gasteiger partial charge in [0.1, 0.15) is 5.56 Å². The number of carbonyl (C=O) groups excluding carboxylic acids is 2. The van der Waals surface area contributed by atoms with Crippen molar-refractivity contribution in [1.29, 1.82) is 0 Å². The fourth-order valence-electron chi connectivity index (χ4n) is 6.22. The zero-order valence-corrected chi connectivity index (χ0v) is 32.7. The number of carbonyl (C=O) groups is 2. The third kappa shape index (κ3) is 11.4. The van der Waals surface area contributed by atoms with Gasteiger partial charge in [0.2, 0.25) is 17.7 Å². The lowest BCUT2D eigenvalue weighted by molar-refractivity contribution is -0.116. The number of likely N-dealkylation sites (N-methyl/N-ethyl adjacent to an activating group) is 1. The van der Waals surface area contributed by atoms with Crippen LogP contribution in [0.3, 0.4) is 0 Å². The Morgan fingerprint density at radius 2 is 1.65 bits per heavy atom. The zero-order chi connectivity index (χ0) is 40.1. The minimum absolute atomic E-state index is 0.0398. The van der Waals surface area contributed by atoms with Gasteiger partial charge in [-0.15, -0.1) is 0 Å². The van der Waals surface area contributed by atoms with E-state index < -0.39 is 11.7 Å². The summed E-state index contributed by atoms with van der Waals surface area (Å²) in [6.07, 6.45) is 5.20. The molecule has 0 radical (unpaired) electrons. The number of aromatic nitrogens is 2. The first kappa shape index (κ1) is 40.4. The number of aryl methyl sites for hydroxylation is 2. The maximum absolute atomic E-state index is 15.2. The number of ether oxygens (including phenoxy) is 3. The van der Waals surface area contributed by atoms with E-state index in [2.05, 4.69) is 42.8 Å². The molecular weight excluding hydrogens is 726 g/mol. The number of amides is 2. The summed E-state index contributed by atoms with van der Waals surface area (Å²) in [5.74, 6) is -0.603. The molecule has 296 valence electrons. The Labute approximate surface area is 332 Å². The maximum Gasteiger partial charge on any atom is 0.262 e. The lowest BCUT2D eigenvalue weighted by Crippen LogP contribution is -2.44. The van der Waals surface area contributed by atoms with E-state index in [-0.39, 0.29) is 34.8 Å². The molecule has 2 amide bonds. The van der Waals surface area contributed by atoms with Crippen molar-refractivity contribution in [2.75, 3.05) is 64.1 Å². The van der Waals surface area contributed by atoms with Gasteiger partial charge in [0, 0.05) is 69.0 Å². The van der Waals surface area contributed by atoms with Gasteiger partial charge in [-0.25, -0.2) is 9.37 Å². The van der Waals surface area contributed by atoms with E-state index in [1.165, 1.54) is 25.4 Å². The second-order valence-electron chi connectivity index (χ2n) is 13.8. The molecule has 0 spiro atoms. The maximum atomic E-state index is 15.2. The van der Waals surface area contributed by atoms with E-state index in [9.17, 15) is 9.59 Å². The monoisotopic (exact) mass is 773 g/mol. The Hall–Kier alpha value is -6.31. The van der Waals surface area contributed by atoms with Crippen LogP contribution in [-0.2, 0) is 11.3 Å². The normalized spacial score (nSPS) is 13.3. The molecule has 1 fully saturated rings. The first-order valence-corrected chi connectivity index (χ1v) is 18.9. The highest BCUT2D eigenvalue weighted by atomic mass is 19.1. The Morgan fingerprint density at radius 1 is 0.895 bits per heavy atom. The summed E-state index contributed by atoms with van der Waals surface area (Å²) in [4.78, 5) is 40.1. The summed E-state index contributed by atoms with van der Waals surface area (Å²) in [5.41, 5.74) is 4.43. The third-order valence-electron chi connectivity index (χ3n) is 9.51. The molecule has 2 heterocycles. The zero-order valence-electron chi connectivity index (χ0n) is 32.7. The van der Waals surface area contributed by atoms with Gasteiger partial charge in [-0.2, -0.15) is 4.98 Å². The smallest absolute Gasteiger partial charge is 0.262 e. The van der Waals surface area contributed by atoms with Crippen molar-refractivity contribution in [3.05, 3.63) is 131 Å². The fourth-order valence-corrected chi connectivity index (χ4v) is 6.22. The minimum atomic E-state index is -0.538. The molecule has 1 aromatic heterocycles. The summed E-state index contributed by atoms with van der Waals surface area (Å²) in [7, 11) is 3.62. The number of nitrogens with one attached hydrogen (secondary N) is 3. The van der Waals surface area contributed by atoms with E-state index in [1.807, 2.05) is 62.4 Å². The van der Waals surface area contributed by atoms with Crippen LogP contribution in [0.4, 0.5) is 21.7 Å². The van der Waals surface area contributed by atoms with Crippen LogP contribution in [0.15, 0.2) is 97.2 Å². The third-order valence-corrected chi connectivity index (χ3v) is 9.51. The van der Waals surface area contributed by atoms with Crippen LogP contribution >= 0.6 is 0 Å². The van der Waals surface area contributed by atoms with E-state index >= 15 is 4.39 Å². The van der Waals surface area contributed by atoms with E-state index in [4.69, 9.17) is 14.2 Å². The average molecular weight is 774 g/mol. The molecule has 3 N–H and O–H groups in total. The minimum Gasteiger partial charge on any atom is -0.493 e. The van der Waals surface area contributed by atoms with Crippen molar-refractivity contribution in [3.8, 4) is 23.1 Å². The highest BCUT2D eigenvalue weighted by Crippen LogP contribution is 2.35. The van der Waals surface area contributed by atoms with Crippen LogP contribution in [0.1, 0.15) is 39.0 Å². The molecule has 1 aliphatic rings. The van der Waals surface area contributed by atoms with Crippen LogP contribution in [0.2, 0.25) is 0 Å².